The first-order valence-electron chi connectivity index (χ1n) is 10.1. The molecular formula is C18H38N4O5S. The van der Waals surface area contributed by atoms with E-state index in [1.165, 1.54) is 0 Å². The smallest absolute Gasteiger partial charge is 0.216 e. The molecule has 10 heteroatoms. The second kappa shape index (κ2) is 14.1. The Bertz CT molecular complexity index is 534. The Labute approximate surface area is 170 Å². The number of sulfonamides is 1. The largest absolute Gasteiger partial charge is 0.382 e. The summed E-state index contributed by atoms with van der Waals surface area (Å²) in [5, 5.41) is 3.29. The number of piperazine rings is 1. The lowest BCUT2D eigenvalue weighted by atomic mass is 10.4. The van der Waals surface area contributed by atoms with Crippen molar-refractivity contribution in [3.8, 4) is 0 Å². The number of hydrogen-bond acceptors (Lipinski definition) is 6. The summed E-state index contributed by atoms with van der Waals surface area (Å²) in [4.78, 5) is 6.76. The Morgan fingerprint density at radius 3 is 2.43 bits per heavy atom. The minimum absolute atomic E-state index is 0.0302. The third-order valence-corrected chi connectivity index (χ3v) is 6.03. The highest BCUT2D eigenvalue weighted by Gasteiger charge is 2.27. The predicted molar refractivity (Wildman–Crippen MR) is 111 cm³/mol. The van der Waals surface area contributed by atoms with E-state index >= 15 is 0 Å². The van der Waals surface area contributed by atoms with Crippen molar-refractivity contribution >= 4 is 16.0 Å². The lowest BCUT2D eigenvalue weighted by molar-refractivity contribution is 0.0702. The van der Waals surface area contributed by atoms with Gasteiger partial charge in [-0.25, -0.2) is 8.42 Å². The van der Waals surface area contributed by atoms with E-state index in [0.29, 0.717) is 52.5 Å². The maximum Gasteiger partial charge on any atom is 0.216 e. The number of hydrogen-bond donors (Lipinski definition) is 1. The third kappa shape index (κ3) is 10.0. The zero-order chi connectivity index (χ0) is 20.8. The first-order chi connectivity index (χ1) is 13.4. The molecule has 0 unspecified atom stereocenters. The molecule has 0 bridgehead atoms. The molecule has 0 aromatic heterocycles. The Hall–Kier alpha value is -0.940. The van der Waals surface area contributed by atoms with E-state index in [4.69, 9.17) is 14.2 Å². The lowest BCUT2D eigenvalue weighted by Gasteiger charge is -2.36. The third-order valence-electron chi connectivity index (χ3n) is 4.20. The highest BCUT2D eigenvalue weighted by Crippen LogP contribution is 2.09. The zero-order valence-electron chi connectivity index (χ0n) is 17.9. The van der Waals surface area contributed by atoms with Gasteiger partial charge in [0.25, 0.3) is 0 Å². The van der Waals surface area contributed by atoms with Gasteiger partial charge < -0.3 is 24.4 Å². The molecule has 0 aromatic rings. The van der Waals surface area contributed by atoms with Crippen LogP contribution in [0.2, 0.25) is 0 Å². The van der Waals surface area contributed by atoms with Gasteiger partial charge in [-0.3, -0.25) is 4.99 Å². The van der Waals surface area contributed by atoms with Gasteiger partial charge in [-0.1, -0.05) is 0 Å². The summed E-state index contributed by atoms with van der Waals surface area (Å²) in [6.45, 7) is 11.5. The Kier molecular flexibility index (Phi) is 12.6. The van der Waals surface area contributed by atoms with Gasteiger partial charge in [0.15, 0.2) is 5.96 Å². The van der Waals surface area contributed by atoms with E-state index in [1.54, 1.807) is 11.4 Å². The second-order valence-corrected chi connectivity index (χ2v) is 8.90. The Morgan fingerprint density at radius 1 is 1.11 bits per heavy atom. The molecule has 1 aliphatic heterocycles. The van der Waals surface area contributed by atoms with Gasteiger partial charge in [-0.15, -0.1) is 0 Å². The minimum Gasteiger partial charge on any atom is -0.382 e. The summed E-state index contributed by atoms with van der Waals surface area (Å²) >= 11 is 0. The molecular weight excluding hydrogens is 384 g/mol. The van der Waals surface area contributed by atoms with Crippen molar-refractivity contribution in [1.82, 2.24) is 14.5 Å². The highest BCUT2D eigenvalue weighted by molar-refractivity contribution is 7.89. The van der Waals surface area contributed by atoms with Crippen LogP contribution in [0.4, 0.5) is 0 Å². The van der Waals surface area contributed by atoms with Crippen molar-refractivity contribution in [1.29, 1.82) is 0 Å². The number of rotatable bonds is 13. The lowest BCUT2D eigenvalue weighted by Crippen LogP contribution is -2.54. The fourth-order valence-corrected chi connectivity index (χ4v) is 4.00. The van der Waals surface area contributed by atoms with Crippen LogP contribution in [0.25, 0.3) is 0 Å². The molecule has 1 heterocycles. The van der Waals surface area contributed by atoms with Crippen molar-refractivity contribution in [2.24, 2.45) is 4.99 Å². The van der Waals surface area contributed by atoms with E-state index < -0.39 is 10.0 Å². The van der Waals surface area contributed by atoms with Gasteiger partial charge in [0.2, 0.25) is 10.0 Å². The fourth-order valence-electron chi connectivity index (χ4n) is 2.72. The summed E-state index contributed by atoms with van der Waals surface area (Å²) in [5.74, 6) is 0.863. The van der Waals surface area contributed by atoms with Gasteiger partial charge in [0.1, 0.15) is 0 Å². The van der Waals surface area contributed by atoms with Gasteiger partial charge in [0.05, 0.1) is 31.7 Å². The monoisotopic (exact) mass is 422 g/mol. The van der Waals surface area contributed by atoms with Gasteiger partial charge in [0, 0.05) is 53.0 Å². The van der Waals surface area contributed by atoms with Crippen molar-refractivity contribution < 1.29 is 22.6 Å². The molecule has 0 radical (unpaired) electrons. The minimum atomic E-state index is -3.28. The van der Waals surface area contributed by atoms with Crippen LogP contribution in [-0.2, 0) is 24.2 Å². The highest BCUT2D eigenvalue weighted by atomic mass is 32.2. The van der Waals surface area contributed by atoms with E-state index in [1.807, 2.05) is 20.8 Å². The topological polar surface area (TPSA) is 92.7 Å². The average Bonchev–Trinajstić information content (AvgIpc) is 2.66. The van der Waals surface area contributed by atoms with E-state index in [-0.39, 0.29) is 18.5 Å². The fraction of sp³-hybridized carbons (Fsp3) is 0.944. The number of methoxy groups -OCH3 is 1. The van der Waals surface area contributed by atoms with E-state index in [9.17, 15) is 8.42 Å². The molecule has 9 nitrogen and oxygen atoms in total. The molecule has 1 rings (SSSR count). The molecule has 1 fully saturated rings. The van der Waals surface area contributed by atoms with Crippen LogP contribution in [0.5, 0.6) is 0 Å². The molecule has 1 saturated heterocycles. The standard InChI is InChI=1S/C18H38N4O5S/c1-5-19-18(20-7-6-12-26-14-13-25-4)21-8-10-22(11-9-21)28(23,24)16-15-27-17(2)3/h17H,5-16H2,1-4H3,(H,19,20). The van der Waals surface area contributed by atoms with Crippen LogP contribution < -0.4 is 5.32 Å². The van der Waals surface area contributed by atoms with Crippen LogP contribution in [0.1, 0.15) is 27.2 Å². The zero-order valence-corrected chi connectivity index (χ0v) is 18.7. The van der Waals surface area contributed by atoms with Gasteiger partial charge in [-0.05, 0) is 27.2 Å². The van der Waals surface area contributed by atoms with Crippen molar-refractivity contribution in [3.63, 3.8) is 0 Å². The SMILES string of the molecule is CCNC(=NCCCOCCOC)N1CCN(S(=O)(=O)CCOC(C)C)CC1. The van der Waals surface area contributed by atoms with Crippen LogP contribution in [0.3, 0.4) is 0 Å². The number of aliphatic imine (C=N–C) groups is 1. The molecule has 1 N–H and O–H groups in total. The first-order valence-corrected chi connectivity index (χ1v) is 11.7. The molecule has 0 aliphatic carbocycles. The maximum absolute atomic E-state index is 12.4. The normalized spacial score (nSPS) is 16.8. The van der Waals surface area contributed by atoms with Crippen LogP contribution in [0, 0.1) is 0 Å². The summed E-state index contributed by atoms with van der Waals surface area (Å²) in [6.07, 6.45) is 0.874. The maximum atomic E-state index is 12.4. The molecule has 0 aromatic carbocycles. The molecule has 0 spiro atoms. The molecule has 0 atom stereocenters. The summed E-state index contributed by atoms with van der Waals surface area (Å²) in [5.41, 5.74) is 0. The van der Waals surface area contributed by atoms with Crippen molar-refractivity contribution in [2.75, 3.05) is 78.6 Å². The van der Waals surface area contributed by atoms with Gasteiger partial charge in [-0.2, -0.15) is 4.31 Å². The quantitative estimate of drug-likeness (QED) is 0.261. The first kappa shape index (κ1) is 25.1. The number of ether oxygens (including phenoxy) is 3. The molecule has 0 amide bonds. The van der Waals surface area contributed by atoms with E-state index in [0.717, 1.165) is 18.9 Å². The summed E-state index contributed by atoms with van der Waals surface area (Å²) < 4.78 is 42.2. The van der Waals surface area contributed by atoms with Crippen molar-refractivity contribution in [2.45, 2.75) is 33.3 Å². The van der Waals surface area contributed by atoms with Gasteiger partial charge >= 0.3 is 0 Å². The summed E-state index contributed by atoms with van der Waals surface area (Å²) in [7, 11) is -1.62. The van der Waals surface area contributed by atoms with Crippen LogP contribution in [-0.4, -0.2) is 108 Å². The number of guanidine groups is 1. The van der Waals surface area contributed by atoms with Crippen LogP contribution >= 0.6 is 0 Å². The number of nitrogens with one attached hydrogen (secondary N) is 1. The molecule has 1 aliphatic rings. The average molecular weight is 423 g/mol. The van der Waals surface area contributed by atoms with Crippen LogP contribution in [0.15, 0.2) is 4.99 Å². The summed E-state index contributed by atoms with van der Waals surface area (Å²) in [6, 6.07) is 0. The molecule has 166 valence electrons. The van der Waals surface area contributed by atoms with E-state index in [2.05, 4.69) is 15.2 Å². The number of nitrogens with zero attached hydrogens (tertiary/aromatic N) is 3. The Balaban J connectivity index is 2.43. The molecule has 28 heavy (non-hydrogen) atoms. The Morgan fingerprint density at radius 2 is 1.82 bits per heavy atom. The predicted octanol–water partition coefficient (Wildman–Crippen LogP) is 0.377. The second-order valence-electron chi connectivity index (χ2n) is 6.82. The van der Waals surface area contributed by atoms with Crippen molar-refractivity contribution in [3.05, 3.63) is 0 Å². The molecule has 0 saturated carbocycles.